The summed E-state index contributed by atoms with van der Waals surface area (Å²) < 4.78 is 1.50. The van der Waals surface area contributed by atoms with Gasteiger partial charge in [-0.05, 0) is 0 Å². The topological polar surface area (TPSA) is 0 Å². The van der Waals surface area contributed by atoms with E-state index in [4.69, 9.17) is 18.6 Å². The predicted molar refractivity (Wildman–Crippen MR) is 71.8 cm³/mol. The van der Waals surface area contributed by atoms with E-state index < -0.39 is 14.5 Å². The van der Waals surface area contributed by atoms with E-state index in [1.54, 1.807) is 0 Å². The normalized spacial score (nSPS) is 21.8. The summed E-state index contributed by atoms with van der Waals surface area (Å²) >= 11 is -2.99. The van der Waals surface area contributed by atoms with E-state index in [0.717, 1.165) is 6.42 Å². The molecule has 86 valence electrons. The molecule has 0 radical (unpaired) electrons. The van der Waals surface area contributed by atoms with Crippen molar-refractivity contribution >= 4 is 24.7 Å². The fourth-order valence-electron chi connectivity index (χ4n) is 2.46. The monoisotopic (exact) mass is 298 g/mol. The number of benzene rings is 1. The van der Waals surface area contributed by atoms with Crippen LogP contribution in [0.25, 0.3) is 6.08 Å². The second-order valence-corrected chi connectivity index (χ2v) is 14.0. The summed E-state index contributed by atoms with van der Waals surface area (Å²) in [4.78, 5) is 0. The third-order valence-electron chi connectivity index (χ3n) is 3.39. The Morgan fingerprint density at radius 3 is 2.76 bits per heavy atom. The summed E-state index contributed by atoms with van der Waals surface area (Å²) in [5, 5.41) is 0. The fraction of sp³-hybridized carbons (Fsp3) is 0.143. The van der Waals surface area contributed by atoms with E-state index in [2.05, 4.69) is 54.6 Å². The summed E-state index contributed by atoms with van der Waals surface area (Å²) in [6, 6.07) is 8.39. The molecule has 0 bridgehead atoms. The van der Waals surface area contributed by atoms with Crippen molar-refractivity contribution in [3.63, 3.8) is 0 Å². The van der Waals surface area contributed by atoms with Gasteiger partial charge < -0.3 is 0 Å². The first-order valence-electron chi connectivity index (χ1n) is 5.71. The average molecular weight is 299 g/mol. The molecule has 0 fully saturated rings. The Balaban J connectivity index is 1.99. The molecule has 0 spiro atoms. The Bertz CT molecular complexity index is 541. The fourth-order valence-corrected chi connectivity index (χ4v) is 8.46. The number of hydrogen-bond donors (Lipinski definition) is 0. The Morgan fingerprint density at radius 2 is 2.00 bits per heavy atom. The van der Waals surface area contributed by atoms with Gasteiger partial charge in [0.05, 0.1) is 0 Å². The zero-order chi connectivity index (χ0) is 11.9. The van der Waals surface area contributed by atoms with Crippen LogP contribution in [0, 0.1) is 0 Å². The number of fused-ring (bicyclic) bond motifs is 1. The Kier molecular flexibility index (Phi) is 3.08. The van der Waals surface area contributed by atoms with Crippen LogP contribution in [0.15, 0.2) is 52.4 Å². The molecule has 3 rings (SSSR count). The quantitative estimate of drug-likeness (QED) is 0.670. The zero-order valence-corrected chi connectivity index (χ0v) is 12.3. The molecule has 17 heavy (non-hydrogen) atoms. The van der Waals surface area contributed by atoms with E-state index in [-0.39, 0.29) is 4.22 Å². The number of hydrogen-bond acceptors (Lipinski definition) is 0. The van der Waals surface area contributed by atoms with Gasteiger partial charge in [0.1, 0.15) is 0 Å². The van der Waals surface area contributed by atoms with Crippen LogP contribution in [0.3, 0.4) is 0 Å². The van der Waals surface area contributed by atoms with Crippen LogP contribution >= 0.6 is 18.6 Å². The van der Waals surface area contributed by atoms with Gasteiger partial charge in [0.15, 0.2) is 0 Å². The molecule has 0 aromatic heterocycles. The third-order valence-corrected chi connectivity index (χ3v) is 11.3. The Morgan fingerprint density at radius 1 is 1.18 bits per heavy atom. The van der Waals surface area contributed by atoms with Gasteiger partial charge in [0.2, 0.25) is 0 Å². The first-order valence-corrected chi connectivity index (χ1v) is 11.7. The molecule has 1 atom stereocenters. The molecular weight excluding hydrogens is 287 g/mol. The van der Waals surface area contributed by atoms with Gasteiger partial charge >= 0.3 is 113 Å². The summed E-state index contributed by atoms with van der Waals surface area (Å²) in [6.07, 6.45) is 11.6. The Hall–Kier alpha value is -0.266. The molecule has 2 aliphatic rings. The number of rotatable bonds is 2. The van der Waals surface area contributed by atoms with Crippen molar-refractivity contribution < 1.29 is 14.5 Å². The van der Waals surface area contributed by atoms with Gasteiger partial charge in [0.25, 0.3) is 0 Å². The molecule has 0 saturated heterocycles. The van der Waals surface area contributed by atoms with Crippen molar-refractivity contribution in [2.75, 3.05) is 0 Å². The van der Waals surface area contributed by atoms with Crippen molar-refractivity contribution in [2.24, 2.45) is 0 Å². The molecule has 1 aromatic rings. The van der Waals surface area contributed by atoms with Gasteiger partial charge in [-0.15, -0.1) is 0 Å². The van der Waals surface area contributed by atoms with Crippen LogP contribution in [0.5, 0.6) is 0 Å². The maximum atomic E-state index is 6.77. The van der Waals surface area contributed by atoms with Crippen LogP contribution in [0.2, 0.25) is 0 Å². The minimum absolute atomic E-state index is 0.237. The van der Waals surface area contributed by atoms with E-state index in [9.17, 15) is 0 Å². The van der Waals surface area contributed by atoms with Crippen LogP contribution < -0.4 is 0 Å². The second kappa shape index (κ2) is 4.44. The van der Waals surface area contributed by atoms with E-state index in [0.29, 0.717) is 0 Å². The first kappa shape index (κ1) is 11.8. The molecule has 1 unspecified atom stereocenters. The van der Waals surface area contributed by atoms with Crippen LogP contribution in [0.4, 0.5) is 0 Å². The molecule has 3 heteroatoms. The zero-order valence-electron chi connectivity index (χ0n) is 9.24. The molecule has 0 N–H and O–H groups in total. The molecule has 0 amide bonds. The van der Waals surface area contributed by atoms with E-state index in [1.165, 1.54) is 15.0 Å². The average Bonchev–Trinajstić information content (AvgIpc) is 2.99. The molecule has 0 heterocycles. The molecule has 0 saturated carbocycles. The molecule has 0 nitrogen and oxygen atoms in total. The van der Waals surface area contributed by atoms with Crippen molar-refractivity contribution in [2.45, 2.75) is 10.6 Å². The predicted octanol–water partition coefficient (Wildman–Crippen LogP) is 5.06. The van der Waals surface area contributed by atoms with Gasteiger partial charge in [-0.2, -0.15) is 0 Å². The number of halogens is 2. The summed E-state index contributed by atoms with van der Waals surface area (Å²) in [5.74, 6) is 0. The van der Waals surface area contributed by atoms with E-state index >= 15 is 0 Å². The van der Waals surface area contributed by atoms with Gasteiger partial charge in [-0.25, -0.2) is 0 Å². The van der Waals surface area contributed by atoms with Crippen molar-refractivity contribution in [1.29, 1.82) is 0 Å². The summed E-state index contributed by atoms with van der Waals surface area (Å²) in [7, 11) is 13.5. The minimum atomic E-state index is -2.99. The van der Waals surface area contributed by atoms with Crippen LogP contribution in [-0.2, 0) is 14.5 Å². The third kappa shape index (κ3) is 1.98. The SMILES string of the molecule is [Cl][Ti]([Cl])([C]1=CC=CC1)[CH]1C=Cc2ccccc21. The molecule has 1 aromatic carbocycles. The molecule has 0 aliphatic heterocycles. The van der Waals surface area contributed by atoms with Crippen molar-refractivity contribution in [3.05, 3.63) is 63.6 Å². The van der Waals surface area contributed by atoms with Crippen molar-refractivity contribution in [3.8, 4) is 0 Å². The van der Waals surface area contributed by atoms with Crippen molar-refractivity contribution in [1.82, 2.24) is 0 Å². The molecular formula is C14H12Cl2Ti. The standard InChI is InChI=1S/C9H7.C5H5.2ClH.Ti/c1-2-5-9-7-3-6-8(9)4-1;1-2-4-5-3-1;;;/h1-7H;1-3H,4H2;2*1H;/q;;;;+2/p-2. The van der Waals surface area contributed by atoms with Gasteiger partial charge in [-0.1, -0.05) is 0 Å². The summed E-state index contributed by atoms with van der Waals surface area (Å²) in [6.45, 7) is 0. The van der Waals surface area contributed by atoms with Crippen LogP contribution in [0.1, 0.15) is 21.8 Å². The van der Waals surface area contributed by atoms with Gasteiger partial charge in [0, 0.05) is 0 Å². The van der Waals surface area contributed by atoms with E-state index in [1.807, 2.05) is 0 Å². The van der Waals surface area contributed by atoms with Crippen LogP contribution in [-0.4, -0.2) is 0 Å². The van der Waals surface area contributed by atoms with Gasteiger partial charge in [-0.3, -0.25) is 0 Å². The maximum absolute atomic E-state index is 6.77. The summed E-state index contributed by atoms with van der Waals surface area (Å²) in [5.41, 5.74) is 2.56. The Labute approximate surface area is 113 Å². The molecule has 2 aliphatic carbocycles. The number of allylic oxidation sites excluding steroid dienone is 5. The second-order valence-electron chi connectivity index (χ2n) is 4.41. The first-order chi connectivity index (χ1) is 8.19.